The fourth-order valence-corrected chi connectivity index (χ4v) is 4.91. The number of nitrogens with zero attached hydrogens (tertiary/aromatic N) is 2. The second kappa shape index (κ2) is 12.0. The Labute approximate surface area is 195 Å². The summed E-state index contributed by atoms with van der Waals surface area (Å²) in [6, 6.07) is 0. The van der Waals surface area contributed by atoms with E-state index in [-0.39, 0.29) is 37.7 Å². The van der Waals surface area contributed by atoms with Gasteiger partial charge in [0.25, 0.3) is 5.91 Å². The van der Waals surface area contributed by atoms with Gasteiger partial charge >= 0.3 is 11.9 Å². The lowest BCUT2D eigenvalue weighted by Crippen LogP contribution is -2.47. The van der Waals surface area contributed by atoms with E-state index in [2.05, 4.69) is 6.58 Å². The Morgan fingerprint density at radius 2 is 1.52 bits per heavy atom. The van der Waals surface area contributed by atoms with Gasteiger partial charge in [0.1, 0.15) is 0 Å². The van der Waals surface area contributed by atoms with Gasteiger partial charge in [0.15, 0.2) is 0 Å². The summed E-state index contributed by atoms with van der Waals surface area (Å²) >= 11 is 0. The van der Waals surface area contributed by atoms with E-state index in [0.717, 1.165) is 11.5 Å². The van der Waals surface area contributed by atoms with Gasteiger partial charge in [-0.25, -0.2) is 5.06 Å². The lowest BCUT2D eigenvalue weighted by Gasteiger charge is -2.40. The van der Waals surface area contributed by atoms with Crippen LogP contribution in [0.4, 0.5) is 0 Å². The van der Waals surface area contributed by atoms with E-state index in [9.17, 15) is 24.4 Å². The molecule has 0 aromatic rings. The molecule has 2 saturated heterocycles. The summed E-state index contributed by atoms with van der Waals surface area (Å²) in [6.07, 6.45) is 9.42. The van der Waals surface area contributed by atoms with Crippen molar-refractivity contribution in [3.05, 3.63) is 24.9 Å². The molecule has 0 spiro atoms. The Morgan fingerprint density at radius 3 is 2.06 bits per heavy atom. The predicted molar refractivity (Wildman–Crippen MR) is 120 cm³/mol. The molecule has 0 bridgehead atoms. The van der Waals surface area contributed by atoms with Crippen molar-refractivity contribution in [2.75, 3.05) is 27.3 Å². The largest absolute Gasteiger partial charge is 0.469 e. The molecule has 2 heterocycles. The van der Waals surface area contributed by atoms with Crippen molar-refractivity contribution in [3.63, 3.8) is 0 Å². The van der Waals surface area contributed by atoms with E-state index in [4.69, 9.17) is 9.47 Å². The first-order chi connectivity index (χ1) is 15.7. The molecular weight excluding hydrogens is 428 g/mol. The van der Waals surface area contributed by atoms with Crippen LogP contribution in [0.2, 0.25) is 0 Å². The molecule has 0 aromatic carbocycles. The van der Waals surface area contributed by atoms with Crippen molar-refractivity contribution < 1.29 is 33.9 Å². The second-order valence-corrected chi connectivity index (χ2v) is 8.93. The summed E-state index contributed by atoms with van der Waals surface area (Å²) in [5.74, 6) is -1.24. The number of esters is 2. The Kier molecular flexibility index (Phi) is 9.64. The third-order valence-electron chi connectivity index (χ3n) is 6.88. The van der Waals surface area contributed by atoms with Crippen LogP contribution >= 0.6 is 0 Å². The number of piperidine rings is 2. The summed E-state index contributed by atoms with van der Waals surface area (Å²) in [6.45, 7) is 4.59. The number of allylic oxidation sites excluding steroid dienone is 2. The minimum atomic E-state index is -0.917. The first kappa shape index (κ1) is 26.6. The van der Waals surface area contributed by atoms with E-state index in [1.54, 1.807) is 23.3 Å². The summed E-state index contributed by atoms with van der Waals surface area (Å²) in [7, 11) is 2.63. The topological polar surface area (TPSA) is 113 Å². The number of rotatable bonds is 11. The Bertz CT molecular complexity index is 781. The Balaban J connectivity index is 2.16. The smallest absolute Gasteiger partial charge is 0.305 e. The standard InChI is InChI=1S/C24H36N2O7/c1-4-10-23(14-8-19(27)32-2)11-5-16-25(21(23)29)17-6-12-24(15-9-20(28)33-3)13-7-18-26(31)22(24)30/h4,6,17,31H,1,5,7-16,18H2,2-3H3/b17-6+/t23-,24-/m1/s1. The van der Waals surface area contributed by atoms with Gasteiger partial charge in [0.2, 0.25) is 5.91 Å². The zero-order valence-electron chi connectivity index (χ0n) is 19.7. The number of hydrogen-bond donors (Lipinski definition) is 1. The third kappa shape index (κ3) is 6.43. The number of carbonyl (C=O) groups is 4. The van der Waals surface area contributed by atoms with E-state index < -0.39 is 22.7 Å². The van der Waals surface area contributed by atoms with Crippen LogP contribution < -0.4 is 0 Å². The summed E-state index contributed by atoms with van der Waals surface area (Å²) in [5, 5.41) is 10.7. The summed E-state index contributed by atoms with van der Waals surface area (Å²) in [4.78, 5) is 51.2. The van der Waals surface area contributed by atoms with Crippen LogP contribution in [0.5, 0.6) is 0 Å². The molecule has 2 amide bonds. The molecule has 2 aliphatic heterocycles. The molecular formula is C24H36N2O7. The number of carbonyl (C=O) groups excluding carboxylic acids is 4. The second-order valence-electron chi connectivity index (χ2n) is 8.93. The zero-order chi connectivity index (χ0) is 24.5. The highest BCUT2D eigenvalue weighted by molar-refractivity contribution is 5.85. The highest BCUT2D eigenvalue weighted by Gasteiger charge is 2.44. The van der Waals surface area contributed by atoms with E-state index in [1.165, 1.54) is 14.2 Å². The molecule has 1 N–H and O–H groups in total. The number of hydrogen-bond acceptors (Lipinski definition) is 7. The number of likely N-dealkylation sites (tertiary alicyclic amines) is 1. The van der Waals surface area contributed by atoms with Gasteiger partial charge in [0, 0.05) is 32.1 Å². The third-order valence-corrected chi connectivity index (χ3v) is 6.88. The minimum absolute atomic E-state index is 0.0720. The highest BCUT2D eigenvalue weighted by atomic mass is 16.5. The lowest BCUT2D eigenvalue weighted by atomic mass is 9.72. The molecule has 2 aliphatic rings. The number of hydroxylamine groups is 2. The minimum Gasteiger partial charge on any atom is -0.469 e. The average Bonchev–Trinajstić information content (AvgIpc) is 2.81. The summed E-state index contributed by atoms with van der Waals surface area (Å²) < 4.78 is 9.46. The van der Waals surface area contributed by atoms with Crippen LogP contribution in [0, 0.1) is 10.8 Å². The van der Waals surface area contributed by atoms with E-state index in [0.29, 0.717) is 45.1 Å². The first-order valence-electron chi connectivity index (χ1n) is 11.5. The molecule has 9 nitrogen and oxygen atoms in total. The van der Waals surface area contributed by atoms with E-state index in [1.807, 2.05) is 0 Å². The van der Waals surface area contributed by atoms with E-state index >= 15 is 0 Å². The van der Waals surface area contributed by atoms with Gasteiger partial charge in [-0.05, 0) is 51.4 Å². The van der Waals surface area contributed by atoms with Gasteiger partial charge in [-0.15, -0.1) is 6.58 Å². The maximum Gasteiger partial charge on any atom is 0.305 e. The molecule has 184 valence electrons. The van der Waals surface area contributed by atoms with Crippen LogP contribution in [-0.4, -0.2) is 66.2 Å². The van der Waals surface area contributed by atoms with Gasteiger partial charge in [0.05, 0.1) is 25.0 Å². The average molecular weight is 465 g/mol. The van der Waals surface area contributed by atoms with Crippen molar-refractivity contribution in [2.24, 2.45) is 10.8 Å². The van der Waals surface area contributed by atoms with Crippen LogP contribution in [0.25, 0.3) is 0 Å². The van der Waals surface area contributed by atoms with Gasteiger partial charge in [-0.3, -0.25) is 24.4 Å². The normalized spacial score (nSPS) is 25.9. The zero-order valence-corrected chi connectivity index (χ0v) is 19.7. The van der Waals surface area contributed by atoms with Crippen molar-refractivity contribution >= 4 is 23.8 Å². The maximum absolute atomic E-state index is 13.4. The maximum atomic E-state index is 13.4. The first-order valence-corrected chi connectivity index (χ1v) is 11.5. The van der Waals surface area contributed by atoms with Crippen molar-refractivity contribution in [3.8, 4) is 0 Å². The molecule has 0 radical (unpaired) electrons. The fourth-order valence-electron chi connectivity index (χ4n) is 4.91. The highest BCUT2D eigenvalue weighted by Crippen LogP contribution is 2.41. The van der Waals surface area contributed by atoms with Crippen LogP contribution in [-0.2, 0) is 28.7 Å². The van der Waals surface area contributed by atoms with Crippen molar-refractivity contribution in [2.45, 2.75) is 64.2 Å². The fraction of sp³-hybridized carbons (Fsp3) is 0.667. The monoisotopic (exact) mass is 464 g/mol. The number of ether oxygens (including phenoxy) is 2. The van der Waals surface area contributed by atoms with Gasteiger partial charge in [-0.1, -0.05) is 12.2 Å². The van der Waals surface area contributed by atoms with Crippen molar-refractivity contribution in [1.29, 1.82) is 0 Å². The number of amides is 2. The van der Waals surface area contributed by atoms with Gasteiger partial charge < -0.3 is 14.4 Å². The van der Waals surface area contributed by atoms with Crippen LogP contribution in [0.3, 0.4) is 0 Å². The molecule has 0 aromatic heterocycles. The molecule has 0 saturated carbocycles. The van der Waals surface area contributed by atoms with Crippen LogP contribution in [0.1, 0.15) is 64.2 Å². The Morgan fingerprint density at radius 1 is 0.970 bits per heavy atom. The predicted octanol–water partition coefficient (Wildman–Crippen LogP) is 2.98. The molecule has 0 aliphatic carbocycles. The van der Waals surface area contributed by atoms with Crippen LogP contribution in [0.15, 0.2) is 24.9 Å². The summed E-state index contributed by atoms with van der Waals surface area (Å²) in [5.41, 5.74) is -1.62. The molecule has 9 heteroatoms. The lowest BCUT2D eigenvalue weighted by molar-refractivity contribution is -0.186. The molecule has 2 rings (SSSR count). The molecule has 2 atom stereocenters. The molecule has 33 heavy (non-hydrogen) atoms. The SMILES string of the molecule is C=CC[C@]1(CCC(=O)OC)CCCN(/C=C/C[C@]2(CCC(=O)OC)CCCN(O)C2=O)C1=O. The quantitative estimate of drug-likeness (QED) is 0.284. The van der Waals surface area contributed by atoms with Gasteiger partial charge in [-0.2, -0.15) is 0 Å². The Hall–Kier alpha value is -2.68. The number of methoxy groups -OCH3 is 2. The van der Waals surface area contributed by atoms with Crippen molar-refractivity contribution in [1.82, 2.24) is 9.96 Å². The molecule has 2 fully saturated rings. The molecule has 0 unspecified atom stereocenters.